The molecule has 1 aliphatic rings. The molecule has 2 unspecified atom stereocenters. The Kier molecular flexibility index (Phi) is 5.66. The predicted octanol–water partition coefficient (Wildman–Crippen LogP) is 3.97. The zero-order valence-corrected chi connectivity index (χ0v) is 10.8. The first-order valence-corrected chi connectivity index (χ1v) is 6.83. The maximum Gasteiger partial charge on any atom is 0.00105 e. The third-order valence-corrected chi connectivity index (χ3v) is 3.99. The molecule has 1 rings (SSSR count). The molecule has 0 bridgehead atoms. The minimum absolute atomic E-state index is 0.388. The molecule has 1 fully saturated rings. The van der Waals surface area contributed by atoms with Crippen molar-refractivity contribution in [3.05, 3.63) is 0 Å². The van der Waals surface area contributed by atoms with Gasteiger partial charge in [0.25, 0.3) is 0 Å². The zero-order chi connectivity index (χ0) is 11.3. The van der Waals surface area contributed by atoms with Crippen LogP contribution in [0.3, 0.4) is 0 Å². The second-order valence-electron chi connectivity index (χ2n) is 6.02. The summed E-state index contributed by atoms with van der Waals surface area (Å²) in [6, 6.07) is 0.388. The number of hydrogen-bond acceptors (Lipinski definition) is 1. The molecule has 1 heteroatoms. The van der Waals surface area contributed by atoms with Crippen molar-refractivity contribution >= 4 is 0 Å². The minimum Gasteiger partial charge on any atom is -0.328 e. The SMILES string of the molecule is CC(N)CCC(C)CC1CCC(C)CC1. The maximum atomic E-state index is 5.79. The number of rotatable bonds is 5. The van der Waals surface area contributed by atoms with Gasteiger partial charge >= 0.3 is 0 Å². The van der Waals surface area contributed by atoms with Crippen molar-refractivity contribution in [1.29, 1.82) is 0 Å². The van der Waals surface area contributed by atoms with Crippen LogP contribution in [0, 0.1) is 17.8 Å². The van der Waals surface area contributed by atoms with E-state index in [1.807, 2.05) is 0 Å². The van der Waals surface area contributed by atoms with E-state index in [1.54, 1.807) is 0 Å². The summed E-state index contributed by atoms with van der Waals surface area (Å²) >= 11 is 0. The van der Waals surface area contributed by atoms with Gasteiger partial charge in [-0.2, -0.15) is 0 Å². The van der Waals surface area contributed by atoms with E-state index >= 15 is 0 Å². The van der Waals surface area contributed by atoms with Crippen molar-refractivity contribution in [2.24, 2.45) is 23.5 Å². The van der Waals surface area contributed by atoms with E-state index in [-0.39, 0.29) is 0 Å². The van der Waals surface area contributed by atoms with Gasteiger partial charge in [-0.25, -0.2) is 0 Å². The summed E-state index contributed by atoms with van der Waals surface area (Å²) in [5.74, 6) is 2.89. The van der Waals surface area contributed by atoms with Crippen molar-refractivity contribution in [1.82, 2.24) is 0 Å². The largest absolute Gasteiger partial charge is 0.328 e. The van der Waals surface area contributed by atoms with Gasteiger partial charge < -0.3 is 5.73 Å². The molecule has 0 amide bonds. The zero-order valence-electron chi connectivity index (χ0n) is 10.8. The molecule has 0 spiro atoms. The summed E-state index contributed by atoms with van der Waals surface area (Å²) in [7, 11) is 0. The molecule has 0 aromatic carbocycles. The van der Waals surface area contributed by atoms with Crippen LogP contribution in [0.4, 0.5) is 0 Å². The van der Waals surface area contributed by atoms with Crippen LogP contribution in [0.2, 0.25) is 0 Å². The summed E-state index contributed by atoms with van der Waals surface area (Å²) < 4.78 is 0. The van der Waals surface area contributed by atoms with Gasteiger partial charge in [0.2, 0.25) is 0 Å². The lowest BCUT2D eigenvalue weighted by Crippen LogP contribution is -2.18. The van der Waals surface area contributed by atoms with E-state index in [2.05, 4.69) is 20.8 Å². The van der Waals surface area contributed by atoms with Crippen LogP contribution >= 0.6 is 0 Å². The normalized spacial score (nSPS) is 31.2. The Morgan fingerprint density at radius 3 is 2.20 bits per heavy atom. The molecule has 2 N–H and O–H groups in total. The molecule has 0 radical (unpaired) electrons. The van der Waals surface area contributed by atoms with Crippen molar-refractivity contribution in [2.45, 2.75) is 71.8 Å². The lowest BCUT2D eigenvalue weighted by Gasteiger charge is -2.28. The Labute approximate surface area is 95.8 Å². The van der Waals surface area contributed by atoms with Crippen LogP contribution in [0.15, 0.2) is 0 Å². The van der Waals surface area contributed by atoms with E-state index < -0.39 is 0 Å². The first-order valence-electron chi connectivity index (χ1n) is 6.83. The van der Waals surface area contributed by atoms with E-state index in [0.29, 0.717) is 6.04 Å². The fourth-order valence-electron chi connectivity index (χ4n) is 2.80. The molecule has 0 heterocycles. The van der Waals surface area contributed by atoms with Gasteiger partial charge in [-0.1, -0.05) is 39.5 Å². The van der Waals surface area contributed by atoms with Crippen LogP contribution in [-0.4, -0.2) is 6.04 Å². The van der Waals surface area contributed by atoms with Crippen molar-refractivity contribution in [2.75, 3.05) is 0 Å². The molecular formula is C14H29N. The van der Waals surface area contributed by atoms with E-state index in [1.165, 1.54) is 44.9 Å². The smallest absolute Gasteiger partial charge is 0.00105 e. The van der Waals surface area contributed by atoms with Gasteiger partial charge in [-0.05, 0) is 43.9 Å². The average Bonchev–Trinajstić information content (AvgIpc) is 2.19. The molecule has 1 nitrogen and oxygen atoms in total. The van der Waals surface area contributed by atoms with Crippen molar-refractivity contribution in [3.63, 3.8) is 0 Å². The van der Waals surface area contributed by atoms with Crippen LogP contribution in [0.5, 0.6) is 0 Å². The van der Waals surface area contributed by atoms with Gasteiger partial charge in [0.1, 0.15) is 0 Å². The molecule has 0 aromatic heterocycles. The fraction of sp³-hybridized carbons (Fsp3) is 1.00. The van der Waals surface area contributed by atoms with Crippen LogP contribution in [0.25, 0.3) is 0 Å². The molecule has 0 saturated heterocycles. The van der Waals surface area contributed by atoms with Crippen LogP contribution < -0.4 is 5.73 Å². The number of nitrogens with two attached hydrogens (primary N) is 1. The van der Waals surface area contributed by atoms with Gasteiger partial charge in [-0.15, -0.1) is 0 Å². The topological polar surface area (TPSA) is 26.0 Å². The van der Waals surface area contributed by atoms with E-state index in [9.17, 15) is 0 Å². The molecule has 1 saturated carbocycles. The first kappa shape index (κ1) is 13.0. The second kappa shape index (κ2) is 6.52. The monoisotopic (exact) mass is 211 g/mol. The van der Waals surface area contributed by atoms with Crippen molar-refractivity contribution < 1.29 is 0 Å². The van der Waals surface area contributed by atoms with Crippen LogP contribution in [0.1, 0.15) is 65.7 Å². The molecule has 0 aromatic rings. The average molecular weight is 211 g/mol. The molecule has 1 aliphatic carbocycles. The molecule has 15 heavy (non-hydrogen) atoms. The highest BCUT2D eigenvalue weighted by molar-refractivity contribution is 4.72. The lowest BCUT2D eigenvalue weighted by molar-refractivity contribution is 0.244. The summed E-state index contributed by atoms with van der Waals surface area (Å²) in [5.41, 5.74) is 5.79. The maximum absolute atomic E-state index is 5.79. The predicted molar refractivity (Wildman–Crippen MR) is 67.8 cm³/mol. The molecular weight excluding hydrogens is 182 g/mol. The number of hydrogen-bond donors (Lipinski definition) is 1. The van der Waals surface area contributed by atoms with Crippen molar-refractivity contribution in [3.8, 4) is 0 Å². The Morgan fingerprint density at radius 1 is 1.07 bits per heavy atom. The van der Waals surface area contributed by atoms with Gasteiger partial charge in [0, 0.05) is 6.04 Å². The summed E-state index contributed by atoms with van der Waals surface area (Å²) in [6.07, 6.45) is 9.84. The summed E-state index contributed by atoms with van der Waals surface area (Å²) in [4.78, 5) is 0. The first-order chi connectivity index (χ1) is 7.08. The molecule has 90 valence electrons. The molecule has 2 atom stereocenters. The summed E-state index contributed by atoms with van der Waals surface area (Å²) in [5, 5.41) is 0. The lowest BCUT2D eigenvalue weighted by atomic mass is 9.78. The van der Waals surface area contributed by atoms with Crippen LogP contribution in [-0.2, 0) is 0 Å². The van der Waals surface area contributed by atoms with Gasteiger partial charge in [0.05, 0.1) is 0 Å². The Balaban J connectivity index is 2.12. The third-order valence-electron chi connectivity index (χ3n) is 3.99. The highest BCUT2D eigenvalue weighted by atomic mass is 14.6. The molecule has 0 aliphatic heterocycles. The Bertz CT molecular complexity index is 157. The third kappa shape index (κ3) is 5.55. The van der Waals surface area contributed by atoms with Gasteiger partial charge in [-0.3, -0.25) is 0 Å². The summed E-state index contributed by atoms with van der Waals surface area (Å²) in [6.45, 7) is 6.92. The standard InChI is InChI=1S/C14H29N/c1-11-5-8-14(9-6-11)10-12(2)4-7-13(3)15/h11-14H,4-10,15H2,1-3H3. The van der Waals surface area contributed by atoms with Gasteiger partial charge in [0.15, 0.2) is 0 Å². The van der Waals surface area contributed by atoms with E-state index in [4.69, 9.17) is 5.73 Å². The quantitative estimate of drug-likeness (QED) is 0.731. The highest BCUT2D eigenvalue weighted by Gasteiger charge is 2.19. The Morgan fingerprint density at radius 2 is 1.67 bits per heavy atom. The van der Waals surface area contributed by atoms with E-state index in [0.717, 1.165) is 17.8 Å². The Hall–Kier alpha value is -0.0400. The highest BCUT2D eigenvalue weighted by Crippen LogP contribution is 2.33. The second-order valence-corrected chi connectivity index (χ2v) is 6.02. The fourth-order valence-corrected chi connectivity index (χ4v) is 2.80. The minimum atomic E-state index is 0.388.